The predicted molar refractivity (Wildman–Crippen MR) is 87.3 cm³/mol. The number of ether oxygens (including phenoxy) is 2. The SMILES string of the molecule is COc1ccc(CCN(C)C2CCC(C)(C)C2)cc1OC. The van der Waals surface area contributed by atoms with E-state index in [2.05, 4.69) is 37.9 Å². The summed E-state index contributed by atoms with van der Waals surface area (Å²) in [7, 11) is 5.62. The molecule has 118 valence electrons. The van der Waals surface area contributed by atoms with Crippen LogP contribution in [0.2, 0.25) is 0 Å². The zero-order valence-corrected chi connectivity index (χ0v) is 14.1. The van der Waals surface area contributed by atoms with Crippen molar-refractivity contribution in [2.75, 3.05) is 27.8 Å². The van der Waals surface area contributed by atoms with Gasteiger partial charge in [-0.25, -0.2) is 0 Å². The molecular weight excluding hydrogens is 262 g/mol. The van der Waals surface area contributed by atoms with Crippen LogP contribution in [0.1, 0.15) is 38.7 Å². The standard InChI is InChI=1S/C18H29NO2/c1-18(2)10-8-15(13-18)19(3)11-9-14-6-7-16(20-4)17(12-14)21-5/h6-7,12,15H,8-11,13H2,1-5H3. The first-order chi connectivity index (χ1) is 9.95. The van der Waals surface area contributed by atoms with E-state index < -0.39 is 0 Å². The van der Waals surface area contributed by atoms with Crippen LogP contribution in [0.4, 0.5) is 0 Å². The molecule has 0 amide bonds. The van der Waals surface area contributed by atoms with Crippen LogP contribution in [-0.4, -0.2) is 38.8 Å². The van der Waals surface area contributed by atoms with E-state index in [1.807, 2.05) is 6.07 Å². The number of methoxy groups -OCH3 is 2. The fraction of sp³-hybridized carbons (Fsp3) is 0.667. The molecule has 1 aliphatic rings. The summed E-state index contributed by atoms with van der Waals surface area (Å²) in [6.45, 7) is 5.86. The number of rotatable bonds is 6. The Labute approximate surface area is 129 Å². The zero-order valence-electron chi connectivity index (χ0n) is 14.1. The molecule has 0 N–H and O–H groups in total. The maximum Gasteiger partial charge on any atom is 0.160 e. The first-order valence-corrected chi connectivity index (χ1v) is 7.86. The third-order valence-corrected chi connectivity index (χ3v) is 4.77. The van der Waals surface area contributed by atoms with Gasteiger partial charge in [0.1, 0.15) is 0 Å². The fourth-order valence-electron chi connectivity index (χ4n) is 3.30. The van der Waals surface area contributed by atoms with Gasteiger partial charge in [0.25, 0.3) is 0 Å². The van der Waals surface area contributed by atoms with Crippen LogP contribution in [0.5, 0.6) is 11.5 Å². The van der Waals surface area contributed by atoms with Crippen LogP contribution < -0.4 is 9.47 Å². The summed E-state index contributed by atoms with van der Waals surface area (Å²) in [5.41, 5.74) is 1.82. The highest BCUT2D eigenvalue weighted by Gasteiger charge is 2.32. The van der Waals surface area contributed by atoms with Crippen molar-refractivity contribution in [3.05, 3.63) is 23.8 Å². The lowest BCUT2D eigenvalue weighted by molar-refractivity contribution is 0.230. The number of likely N-dealkylation sites (N-methyl/N-ethyl adjacent to an activating group) is 1. The van der Waals surface area contributed by atoms with E-state index in [4.69, 9.17) is 9.47 Å². The second-order valence-electron chi connectivity index (χ2n) is 6.98. The van der Waals surface area contributed by atoms with Crippen molar-refractivity contribution in [3.8, 4) is 11.5 Å². The molecule has 0 bridgehead atoms. The third-order valence-electron chi connectivity index (χ3n) is 4.77. The van der Waals surface area contributed by atoms with Crippen molar-refractivity contribution >= 4 is 0 Å². The molecule has 0 aliphatic heterocycles. The van der Waals surface area contributed by atoms with E-state index in [0.717, 1.165) is 30.5 Å². The molecule has 1 atom stereocenters. The molecule has 1 fully saturated rings. The quantitative estimate of drug-likeness (QED) is 0.796. The summed E-state index contributed by atoms with van der Waals surface area (Å²) in [5, 5.41) is 0. The van der Waals surface area contributed by atoms with Gasteiger partial charge in [-0.1, -0.05) is 19.9 Å². The van der Waals surface area contributed by atoms with E-state index in [1.54, 1.807) is 14.2 Å². The summed E-state index contributed by atoms with van der Waals surface area (Å²) in [6, 6.07) is 6.95. The van der Waals surface area contributed by atoms with Gasteiger partial charge < -0.3 is 14.4 Å². The highest BCUT2D eigenvalue weighted by atomic mass is 16.5. The maximum absolute atomic E-state index is 5.37. The predicted octanol–water partition coefficient (Wildman–Crippen LogP) is 3.76. The Bertz CT molecular complexity index is 470. The van der Waals surface area contributed by atoms with Crippen molar-refractivity contribution in [1.82, 2.24) is 4.90 Å². The molecule has 0 heterocycles. The van der Waals surface area contributed by atoms with Gasteiger partial charge in [-0.3, -0.25) is 0 Å². The summed E-state index contributed by atoms with van der Waals surface area (Å²) >= 11 is 0. The highest BCUT2D eigenvalue weighted by Crippen LogP contribution is 2.39. The van der Waals surface area contributed by atoms with Crippen molar-refractivity contribution < 1.29 is 9.47 Å². The van der Waals surface area contributed by atoms with E-state index in [-0.39, 0.29) is 0 Å². The topological polar surface area (TPSA) is 21.7 Å². The van der Waals surface area contributed by atoms with Crippen LogP contribution >= 0.6 is 0 Å². The van der Waals surface area contributed by atoms with Crippen LogP contribution in [0, 0.1) is 5.41 Å². The molecule has 0 radical (unpaired) electrons. The molecule has 3 nitrogen and oxygen atoms in total. The summed E-state index contributed by atoms with van der Waals surface area (Å²) in [6.07, 6.45) is 5.04. The molecule has 1 aliphatic carbocycles. The highest BCUT2D eigenvalue weighted by molar-refractivity contribution is 5.42. The van der Waals surface area contributed by atoms with E-state index in [1.165, 1.54) is 24.8 Å². The molecule has 0 saturated heterocycles. The fourth-order valence-corrected chi connectivity index (χ4v) is 3.30. The van der Waals surface area contributed by atoms with Crippen molar-refractivity contribution in [3.63, 3.8) is 0 Å². The van der Waals surface area contributed by atoms with Gasteiger partial charge >= 0.3 is 0 Å². The van der Waals surface area contributed by atoms with Gasteiger partial charge in [-0.05, 0) is 55.8 Å². The lowest BCUT2D eigenvalue weighted by Crippen LogP contribution is -2.32. The molecule has 2 rings (SSSR count). The first kappa shape index (κ1) is 16.2. The Morgan fingerprint density at radius 1 is 1.19 bits per heavy atom. The smallest absolute Gasteiger partial charge is 0.160 e. The van der Waals surface area contributed by atoms with E-state index >= 15 is 0 Å². The monoisotopic (exact) mass is 291 g/mol. The minimum absolute atomic E-state index is 0.516. The van der Waals surface area contributed by atoms with Gasteiger partial charge in [-0.15, -0.1) is 0 Å². The van der Waals surface area contributed by atoms with Gasteiger partial charge in [0.05, 0.1) is 14.2 Å². The van der Waals surface area contributed by atoms with Gasteiger partial charge in [0.15, 0.2) is 11.5 Å². The Balaban J connectivity index is 1.91. The normalized spacial score (nSPS) is 20.8. The molecule has 21 heavy (non-hydrogen) atoms. The molecule has 1 saturated carbocycles. The van der Waals surface area contributed by atoms with E-state index in [0.29, 0.717) is 5.41 Å². The Kier molecular flexibility index (Phi) is 5.15. The molecule has 1 aromatic rings. The molecule has 0 spiro atoms. The minimum Gasteiger partial charge on any atom is -0.493 e. The number of benzene rings is 1. The van der Waals surface area contributed by atoms with Gasteiger partial charge in [-0.2, -0.15) is 0 Å². The molecule has 1 unspecified atom stereocenters. The largest absolute Gasteiger partial charge is 0.493 e. The molecule has 3 heteroatoms. The summed E-state index contributed by atoms with van der Waals surface area (Å²) in [4.78, 5) is 2.52. The van der Waals surface area contributed by atoms with Gasteiger partial charge in [0, 0.05) is 12.6 Å². The number of nitrogens with zero attached hydrogens (tertiary/aromatic N) is 1. The van der Waals surface area contributed by atoms with Crippen LogP contribution in [0.15, 0.2) is 18.2 Å². The first-order valence-electron chi connectivity index (χ1n) is 7.86. The average Bonchev–Trinajstić information content (AvgIpc) is 2.84. The number of hydrogen-bond acceptors (Lipinski definition) is 3. The van der Waals surface area contributed by atoms with E-state index in [9.17, 15) is 0 Å². The Morgan fingerprint density at radius 2 is 1.90 bits per heavy atom. The minimum atomic E-state index is 0.516. The molecule has 1 aromatic carbocycles. The second-order valence-corrected chi connectivity index (χ2v) is 6.98. The van der Waals surface area contributed by atoms with Crippen LogP contribution in [0.3, 0.4) is 0 Å². The summed E-state index contributed by atoms with van der Waals surface area (Å²) < 4.78 is 10.7. The molecule has 0 aromatic heterocycles. The van der Waals surface area contributed by atoms with Crippen molar-refractivity contribution in [2.45, 2.75) is 45.6 Å². The summed E-state index contributed by atoms with van der Waals surface area (Å²) in [5.74, 6) is 1.62. The second kappa shape index (κ2) is 6.69. The van der Waals surface area contributed by atoms with Crippen molar-refractivity contribution in [2.24, 2.45) is 5.41 Å². The average molecular weight is 291 g/mol. The van der Waals surface area contributed by atoms with Gasteiger partial charge in [0.2, 0.25) is 0 Å². The lowest BCUT2D eigenvalue weighted by Gasteiger charge is -2.26. The zero-order chi connectivity index (χ0) is 15.5. The molecular formula is C18H29NO2. The van der Waals surface area contributed by atoms with Crippen molar-refractivity contribution in [1.29, 1.82) is 0 Å². The van der Waals surface area contributed by atoms with Crippen LogP contribution in [-0.2, 0) is 6.42 Å². The third kappa shape index (κ3) is 4.13. The Hall–Kier alpha value is -1.22. The number of hydrogen-bond donors (Lipinski definition) is 0. The maximum atomic E-state index is 5.37. The Morgan fingerprint density at radius 3 is 2.48 bits per heavy atom. The van der Waals surface area contributed by atoms with Crippen LogP contribution in [0.25, 0.3) is 0 Å². The lowest BCUT2D eigenvalue weighted by atomic mass is 9.91.